The number of hydrogen-bond acceptors (Lipinski definition) is 1. The van der Waals surface area contributed by atoms with Crippen LogP contribution in [0, 0.1) is 0 Å². The third kappa shape index (κ3) is 1.34. The van der Waals surface area contributed by atoms with Gasteiger partial charge in [0.2, 0.25) is 0 Å². The van der Waals surface area contributed by atoms with Crippen molar-refractivity contribution in [1.82, 2.24) is 0 Å². The molecule has 2 N–H and O–H groups in total. The molecule has 0 fully saturated rings. The Morgan fingerprint density at radius 1 is 0.737 bits per heavy atom. The van der Waals surface area contributed by atoms with Crippen molar-refractivity contribution in [2.24, 2.45) is 10.7 Å². The fourth-order valence-electron chi connectivity index (χ4n) is 2.91. The van der Waals surface area contributed by atoms with Gasteiger partial charge >= 0.3 is 0 Å². The maximum absolute atomic E-state index is 5.44. The van der Waals surface area contributed by atoms with Gasteiger partial charge in [-0.3, -0.25) is 0 Å². The molecule has 0 heterocycles. The first-order chi connectivity index (χ1) is 9.38. The zero-order chi connectivity index (χ0) is 12.8. The number of nitrogens with zero attached hydrogens (tertiary/aromatic N) is 1. The molecule has 0 aliphatic carbocycles. The van der Waals surface area contributed by atoms with Crippen molar-refractivity contribution < 1.29 is 0 Å². The Morgan fingerprint density at radius 3 is 2.11 bits per heavy atom. The summed E-state index contributed by atoms with van der Waals surface area (Å²) < 4.78 is 0. The van der Waals surface area contributed by atoms with Gasteiger partial charge in [-0.05, 0) is 33.0 Å². The van der Waals surface area contributed by atoms with E-state index in [0.29, 0.717) is 0 Å². The fourth-order valence-corrected chi connectivity index (χ4v) is 2.91. The van der Waals surface area contributed by atoms with Gasteiger partial charge in [0.05, 0.1) is 12.0 Å². The summed E-state index contributed by atoms with van der Waals surface area (Å²) >= 11 is 0. The van der Waals surface area contributed by atoms with Crippen LogP contribution in [0.4, 0.5) is 5.69 Å². The van der Waals surface area contributed by atoms with Crippen molar-refractivity contribution in [2.75, 3.05) is 0 Å². The van der Waals surface area contributed by atoms with Crippen LogP contribution in [0.1, 0.15) is 0 Å². The Kier molecular flexibility index (Phi) is 2.00. The predicted molar refractivity (Wildman–Crippen MR) is 82.5 cm³/mol. The van der Waals surface area contributed by atoms with E-state index in [9.17, 15) is 0 Å². The van der Waals surface area contributed by atoms with Crippen LogP contribution in [0.3, 0.4) is 0 Å². The molecule has 4 aromatic rings. The molecule has 2 heteroatoms. The van der Waals surface area contributed by atoms with Crippen LogP contribution >= 0.6 is 0 Å². The third-order valence-corrected chi connectivity index (χ3v) is 3.72. The average Bonchev–Trinajstić information content (AvgIpc) is 2.46. The van der Waals surface area contributed by atoms with E-state index < -0.39 is 0 Å². The zero-order valence-corrected chi connectivity index (χ0v) is 10.3. The minimum Gasteiger partial charge on any atom is -0.390 e. The third-order valence-electron chi connectivity index (χ3n) is 3.72. The molecule has 0 amide bonds. The minimum absolute atomic E-state index is 0.924. The first kappa shape index (κ1) is 10.3. The van der Waals surface area contributed by atoms with E-state index in [2.05, 4.69) is 53.5 Å². The Bertz CT molecular complexity index is 907. The summed E-state index contributed by atoms with van der Waals surface area (Å²) in [5.41, 5.74) is 6.36. The molecule has 0 unspecified atom stereocenters. The summed E-state index contributed by atoms with van der Waals surface area (Å²) in [6.07, 6.45) is 1.35. The van der Waals surface area contributed by atoms with Crippen molar-refractivity contribution >= 4 is 44.3 Å². The van der Waals surface area contributed by atoms with Gasteiger partial charge in [0, 0.05) is 5.39 Å². The van der Waals surface area contributed by atoms with Crippen LogP contribution in [-0.4, -0.2) is 6.34 Å². The monoisotopic (exact) mass is 244 g/mol. The lowest BCUT2D eigenvalue weighted by Crippen LogP contribution is -1.88. The van der Waals surface area contributed by atoms with Gasteiger partial charge in [-0.15, -0.1) is 0 Å². The summed E-state index contributed by atoms with van der Waals surface area (Å²) in [6.45, 7) is 0. The normalized spacial score (nSPS) is 12.2. The first-order valence-corrected chi connectivity index (χ1v) is 6.29. The highest BCUT2D eigenvalue weighted by Crippen LogP contribution is 2.38. The van der Waals surface area contributed by atoms with Crippen LogP contribution in [0.2, 0.25) is 0 Å². The molecule has 0 saturated heterocycles. The number of benzene rings is 4. The highest BCUT2D eigenvalue weighted by molar-refractivity contribution is 6.25. The van der Waals surface area contributed by atoms with Crippen LogP contribution in [-0.2, 0) is 0 Å². The highest BCUT2D eigenvalue weighted by atomic mass is 14.8. The van der Waals surface area contributed by atoms with E-state index in [1.54, 1.807) is 0 Å². The summed E-state index contributed by atoms with van der Waals surface area (Å²) in [7, 11) is 0. The van der Waals surface area contributed by atoms with Crippen LogP contribution < -0.4 is 5.73 Å². The van der Waals surface area contributed by atoms with E-state index in [1.165, 1.54) is 33.3 Å². The summed E-state index contributed by atoms with van der Waals surface area (Å²) in [6, 6.07) is 19.2. The fraction of sp³-hybridized carbons (Fsp3) is 0. The number of hydrogen-bond donors (Lipinski definition) is 1. The molecule has 90 valence electrons. The molecular formula is C17H12N2. The molecule has 19 heavy (non-hydrogen) atoms. The largest absolute Gasteiger partial charge is 0.390 e. The van der Waals surface area contributed by atoms with Crippen LogP contribution in [0.5, 0.6) is 0 Å². The first-order valence-electron chi connectivity index (χ1n) is 6.29. The van der Waals surface area contributed by atoms with E-state index in [4.69, 9.17) is 5.73 Å². The van der Waals surface area contributed by atoms with Crippen molar-refractivity contribution in [3.8, 4) is 0 Å². The molecule has 0 bridgehead atoms. The second-order valence-electron chi connectivity index (χ2n) is 4.72. The van der Waals surface area contributed by atoms with Gasteiger partial charge in [0.15, 0.2) is 0 Å². The maximum Gasteiger partial charge on any atom is 0.0860 e. The lowest BCUT2D eigenvalue weighted by atomic mass is 9.94. The standard InChI is InChI=1S/C17H12N2/c18-10-19-15-9-7-13-5-4-11-2-1-3-12-6-8-14(15)17(13)16(11)12/h1-10H,(H2,18,19). The van der Waals surface area contributed by atoms with E-state index >= 15 is 0 Å². The summed E-state index contributed by atoms with van der Waals surface area (Å²) in [5.74, 6) is 0. The molecule has 0 aliphatic rings. The van der Waals surface area contributed by atoms with E-state index in [1.807, 2.05) is 6.07 Å². The lowest BCUT2D eigenvalue weighted by molar-refractivity contribution is 1.56. The van der Waals surface area contributed by atoms with Gasteiger partial charge in [0.1, 0.15) is 0 Å². The van der Waals surface area contributed by atoms with Gasteiger partial charge in [-0.1, -0.05) is 48.5 Å². The Morgan fingerprint density at radius 2 is 1.37 bits per heavy atom. The van der Waals surface area contributed by atoms with Crippen LogP contribution in [0.15, 0.2) is 59.6 Å². The smallest absolute Gasteiger partial charge is 0.0860 e. The maximum atomic E-state index is 5.44. The average molecular weight is 244 g/mol. The second-order valence-corrected chi connectivity index (χ2v) is 4.72. The zero-order valence-electron chi connectivity index (χ0n) is 10.3. The Labute approximate surface area is 110 Å². The van der Waals surface area contributed by atoms with Crippen molar-refractivity contribution in [2.45, 2.75) is 0 Å². The molecule has 0 radical (unpaired) electrons. The molecule has 4 aromatic carbocycles. The molecule has 0 aliphatic heterocycles. The van der Waals surface area contributed by atoms with Crippen molar-refractivity contribution in [3.05, 3.63) is 54.6 Å². The quantitative estimate of drug-likeness (QED) is 0.304. The molecule has 4 rings (SSSR count). The van der Waals surface area contributed by atoms with Gasteiger partial charge in [0.25, 0.3) is 0 Å². The number of rotatable bonds is 1. The molecular weight excluding hydrogens is 232 g/mol. The highest BCUT2D eigenvalue weighted by Gasteiger charge is 2.09. The second kappa shape index (κ2) is 3.69. The van der Waals surface area contributed by atoms with Gasteiger partial charge < -0.3 is 5.73 Å². The molecule has 0 spiro atoms. The van der Waals surface area contributed by atoms with E-state index in [0.717, 1.165) is 11.1 Å². The number of aliphatic imine (C=N–C) groups is 1. The molecule has 0 atom stereocenters. The molecule has 0 aromatic heterocycles. The molecule has 0 saturated carbocycles. The lowest BCUT2D eigenvalue weighted by Gasteiger charge is -2.11. The van der Waals surface area contributed by atoms with Gasteiger partial charge in [-0.2, -0.15) is 0 Å². The van der Waals surface area contributed by atoms with E-state index in [-0.39, 0.29) is 0 Å². The summed E-state index contributed by atoms with van der Waals surface area (Å²) in [5, 5.41) is 7.53. The minimum atomic E-state index is 0.924. The number of nitrogens with two attached hydrogens (primary N) is 1. The molecule has 2 nitrogen and oxygen atoms in total. The van der Waals surface area contributed by atoms with Crippen LogP contribution in [0.25, 0.3) is 32.3 Å². The van der Waals surface area contributed by atoms with Crippen molar-refractivity contribution in [3.63, 3.8) is 0 Å². The Balaban J connectivity index is 2.34. The summed E-state index contributed by atoms with van der Waals surface area (Å²) in [4.78, 5) is 4.27. The predicted octanol–water partition coefficient (Wildman–Crippen LogP) is 4.20. The SMILES string of the molecule is NC=Nc1ccc2ccc3cccc4ccc1c2c34. The van der Waals surface area contributed by atoms with Gasteiger partial charge in [-0.25, -0.2) is 4.99 Å². The van der Waals surface area contributed by atoms with Crippen molar-refractivity contribution in [1.29, 1.82) is 0 Å². The Hall–Kier alpha value is -2.61. The topological polar surface area (TPSA) is 38.4 Å².